The molecule has 0 radical (unpaired) electrons. The summed E-state index contributed by atoms with van der Waals surface area (Å²) in [5.74, 6) is 14.8. The normalized spacial score (nSPS) is 8.37. The molecule has 0 saturated heterocycles. The first-order chi connectivity index (χ1) is 9.35. The van der Waals surface area contributed by atoms with Crippen LogP contribution in [0.5, 0.6) is 0 Å². The van der Waals surface area contributed by atoms with Gasteiger partial charge in [-0.2, -0.15) is 0 Å². The van der Waals surface area contributed by atoms with Crippen molar-refractivity contribution >= 4 is 7.32 Å². The molecule has 0 saturated carbocycles. The predicted molar refractivity (Wildman–Crippen MR) is 68.2 cm³/mol. The summed E-state index contributed by atoms with van der Waals surface area (Å²) in [7, 11) is -1.01. The molecule has 0 aliphatic rings. The molecule has 7 heteroatoms. The Morgan fingerprint density at radius 3 is 1.16 bits per heavy atom. The van der Waals surface area contributed by atoms with E-state index in [0.717, 1.165) is 0 Å². The summed E-state index contributed by atoms with van der Waals surface area (Å²) < 4.78 is 15.3. The smallest absolute Gasteiger partial charge is 0.384 e. The third-order valence-electron chi connectivity index (χ3n) is 1.49. The van der Waals surface area contributed by atoms with Gasteiger partial charge in [0.15, 0.2) is 0 Å². The zero-order valence-corrected chi connectivity index (χ0v) is 10.4. The fraction of sp³-hybridized carbons (Fsp3) is 0.500. The highest BCUT2D eigenvalue weighted by atomic mass is 16.7. The van der Waals surface area contributed by atoms with Crippen LogP contribution in [0.2, 0.25) is 0 Å². The lowest BCUT2D eigenvalue weighted by molar-refractivity contribution is 0.128. The van der Waals surface area contributed by atoms with Crippen LogP contribution in [0.3, 0.4) is 0 Å². The van der Waals surface area contributed by atoms with Crippen molar-refractivity contribution in [3.05, 3.63) is 0 Å². The van der Waals surface area contributed by atoms with Gasteiger partial charge in [0.05, 0.1) is 19.8 Å². The highest BCUT2D eigenvalue weighted by Crippen LogP contribution is 1.92. The van der Waals surface area contributed by atoms with Gasteiger partial charge in [-0.15, -0.1) is 0 Å². The maximum atomic E-state index is 8.46. The average molecular weight is 266 g/mol. The van der Waals surface area contributed by atoms with Crippen LogP contribution in [0.1, 0.15) is 0 Å². The van der Waals surface area contributed by atoms with E-state index in [0.29, 0.717) is 0 Å². The van der Waals surface area contributed by atoms with Crippen LogP contribution in [0, 0.1) is 35.5 Å². The summed E-state index contributed by atoms with van der Waals surface area (Å²) in [5.41, 5.74) is 0. The first-order valence-corrected chi connectivity index (χ1v) is 5.39. The summed E-state index contributed by atoms with van der Waals surface area (Å²) in [6.45, 7) is -0.691. The van der Waals surface area contributed by atoms with E-state index in [1.807, 2.05) is 0 Å². The van der Waals surface area contributed by atoms with Gasteiger partial charge in [-0.05, 0) is 0 Å². The second kappa shape index (κ2) is 14.6. The Morgan fingerprint density at radius 1 is 0.579 bits per heavy atom. The van der Waals surface area contributed by atoms with Crippen LogP contribution in [-0.4, -0.2) is 62.3 Å². The minimum absolute atomic E-state index is 0.0199. The molecule has 0 aromatic carbocycles. The Morgan fingerprint density at radius 2 is 0.895 bits per heavy atom. The van der Waals surface area contributed by atoms with Crippen molar-refractivity contribution in [1.82, 2.24) is 0 Å². The molecule has 19 heavy (non-hydrogen) atoms. The summed E-state index contributed by atoms with van der Waals surface area (Å²) >= 11 is 0. The Labute approximate surface area is 112 Å². The molecule has 0 heterocycles. The van der Waals surface area contributed by atoms with Crippen molar-refractivity contribution in [2.45, 2.75) is 0 Å². The van der Waals surface area contributed by atoms with Crippen molar-refractivity contribution in [3.8, 4) is 35.5 Å². The molecular formula is C12H15BO6. The summed E-state index contributed by atoms with van der Waals surface area (Å²) in [4.78, 5) is 0. The third-order valence-corrected chi connectivity index (χ3v) is 1.49. The van der Waals surface area contributed by atoms with Crippen molar-refractivity contribution < 1.29 is 29.3 Å². The second-order valence-corrected chi connectivity index (χ2v) is 2.76. The van der Waals surface area contributed by atoms with Crippen LogP contribution in [0.4, 0.5) is 0 Å². The summed E-state index contributed by atoms with van der Waals surface area (Å²) in [5, 5.41) is 25.4. The first-order valence-electron chi connectivity index (χ1n) is 5.39. The lowest BCUT2D eigenvalue weighted by Crippen LogP contribution is -2.28. The van der Waals surface area contributed by atoms with Crippen LogP contribution < -0.4 is 0 Å². The van der Waals surface area contributed by atoms with Gasteiger partial charge in [-0.1, -0.05) is 35.5 Å². The highest BCUT2D eigenvalue weighted by Gasteiger charge is 2.19. The van der Waals surface area contributed by atoms with Crippen molar-refractivity contribution in [2.24, 2.45) is 0 Å². The molecular weight excluding hydrogens is 251 g/mol. The first kappa shape index (κ1) is 17.5. The van der Waals surface area contributed by atoms with Gasteiger partial charge in [0.25, 0.3) is 0 Å². The quantitative estimate of drug-likeness (QED) is 0.381. The van der Waals surface area contributed by atoms with E-state index >= 15 is 0 Å². The molecule has 6 nitrogen and oxygen atoms in total. The van der Waals surface area contributed by atoms with E-state index in [9.17, 15) is 0 Å². The Hall–Kier alpha value is -1.50. The van der Waals surface area contributed by atoms with Gasteiger partial charge in [0, 0.05) is 0 Å². The molecule has 0 amide bonds. The Balaban J connectivity index is 4.05. The van der Waals surface area contributed by atoms with Crippen molar-refractivity contribution in [1.29, 1.82) is 0 Å². The summed E-state index contributed by atoms with van der Waals surface area (Å²) in [6.07, 6.45) is 0. The van der Waals surface area contributed by atoms with Crippen LogP contribution in [-0.2, 0) is 14.0 Å². The average Bonchev–Trinajstić information content (AvgIpc) is 2.43. The molecule has 3 N–H and O–H groups in total. The molecule has 0 aromatic heterocycles. The van der Waals surface area contributed by atoms with Gasteiger partial charge in [0.2, 0.25) is 0 Å². The number of rotatable bonds is 6. The second-order valence-electron chi connectivity index (χ2n) is 2.76. The van der Waals surface area contributed by atoms with E-state index in [1.165, 1.54) is 0 Å². The van der Waals surface area contributed by atoms with Crippen molar-refractivity contribution in [2.75, 3.05) is 39.6 Å². The number of aliphatic hydroxyl groups excluding tert-OH is 3. The SMILES string of the molecule is OCC#CCOB(OCC#CCO)OCC#CCO. The van der Waals surface area contributed by atoms with Gasteiger partial charge in [0.1, 0.15) is 19.8 Å². The van der Waals surface area contributed by atoms with Crippen LogP contribution in [0.25, 0.3) is 0 Å². The number of aliphatic hydroxyl groups is 3. The minimum Gasteiger partial charge on any atom is -0.384 e. The molecule has 0 bridgehead atoms. The molecule has 0 atom stereocenters. The molecule has 0 rings (SSSR count). The predicted octanol–water partition coefficient (Wildman–Crippen LogP) is -1.99. The van der Waals surface area contributed by atoms with Gasteiger partial charge in [-0.25, -0.2) is 0 Å². The minimum atomic E-state index is -1.01. The van der Waals surface area contributed by atoms with Gasteiger partial charge in [-0.3, -0.25) is 0 Å². The maximum absolute atomic E-state index is 8.46. The lowest BCUT2D eigenvalue weighted by atomic mass is 10.2. The molecule has 0 aliphatic heterocycles. The van der Waals surface area contributed by atoms with Gasteiger partial charge < -0.3 is 29.3 Å². The zero-order valence-electron chi connectivity index (χ0n) is 10.4. The molecule has 0 fully saturated rings. The molecule has 0 spiro atoms. The summed E-state index contributed by atoms with van der Waals surface area (Å²) in [6, 6.07) is 0. The van der Waals surface area contributed by atoms with E-state index in [1.54, 1.807) is 0 Å². The van der Waals surface area contributed by atoms with Crippen LogP contribution >= 0.6 is 0 Å². The van der Waals surface area contributed by atoms with Gasteiger partial charge >= 0.3 is 7.32 Å². The molecule has 0 aliphatic carbocycles. The molecule has 0 unspecified atom stereocenters. The Bertz CT molecular complexity index is 330. The van der Waals surface area contributed by atoms with E-state index in [2.05, 4.69) is 35.5 Å². The zero-order chi connectivity index (χ0) is 14.2. The fourth-order valence-electron chi connectivity index (χ4n) is 0.794. The largest absolute Gasteiger partial charge is 0.641 e. The third kappa shape index (κ3) is 12.7. The monoisotopic (exact) mass is 266 g/mol. The highest BCUT2D eigenvalue weighted by molar-refractivity contribution is 6.36. The Kier molecular flexibility index (Phi) is 13.4. The number of hydrogen-bond donors (Lipinski definition) is 3. The lowest BCUT2D eigenvalue weighted by Gasteiger charge is -2.09. The topological polar surface area (TPSA) is 88.4 Å². The fourth-order valence-corrected chi connectivity index (χ4v) is 0.794. The van der Waals surface area contributed by atoms with Crippen LogP contribution in [0.15, 0.2) is 0 Å². The number of hydrogen-bond acceptors (Lipinski definition) is 6. The van der Waals surface area contributed by atoms with E-state index in [-0.39, 0.29) is 39.6 Å². The molecule has 102 valence electrons. The van der Waals surface area contributed by atoms with Crippen molar-refractivity contribution in [3.63, 3.8) is 0 Å². The standard InChI is InChI=1S/C12H15BO6/c14-7-1-4-10-17-13(18-11-5-2-8-15)19-12-6-3-9-16/h14-16H,7-12H2. The molecule has 0 aromatic rings. The van der Waals surface area contributed by atoms with E-state index in [4.69, 9.17) is 29.3 Å². The maximum Gasteiger partial charge on any atom is 0.641 e. The van der Waals surface area contributed by atoms with E-state index < -0.39 is 7.32 Å².